The summed E-state index contributed by atoms with van der Waals surface area (Å²) in [6.07, 6.45) is 0. The molecule has 126 valence electrons. The van der Waals surface area contributed by atoms with E-state index in [0.717, 1.165) is 6.54 Å². The number of fused-ring (bicyclic) bond motifs is 2. The van der Waals surface area contributed by atoms with Gasteiger partial charge in [-0.15, -0.1) is 0 Å². The van der Waals surface area contributed by atoms with Gasteiger partial charge < -0.3 is 9.80 Å². The van der Waals surface area contributed by atoms with Gasteiger partial charge in [0.2, 0.25) is 0 Å². The second kappa shape index (κ2) is 6.54. The van der Waals surface area contributed by atoms with Gasteiger partial charge >= 0.3 is 0 Å². The summed E-state index contributed by atoms with van der Waals surface area (Å²) in [5, 5.41) is 5.49. The summed E-state index contributed by atoms with van der Waals surface area (Å²) < 4.78 is 0. The molecule has 0 bridgehead atoms. The quantitative estimate of drug-likeness (QED) is 0.639. The van der Waals surface area contributed by atoms with Gasteiger partial charge in [0, 0.05) is 12.6 Å². The van der Waals surface area contributed by atoms with E-state index < -0.39 is 0 Å². The van der Waals surface area contributed by atoms with Crippen molar-refractivity contribution in [2.45, 2.75) is 19.9 Å². The zero-order valence-electron chi connectivity index (χ0n) is 15.7. The molecule has 0 saturated carbocycles. The first-order valence-corrected chi connectivity index (χ1v) is 8.63. The third kappa shape index (κ3) is 2.92. The lowest BCUT2D eigenvalue weighted by molar-refractivity contribution is 0.231. The molecule has 0 heterocycles. The molecule has 2 heteroatoms. The second-order valence-electron chi connectivity index (χ2n) is 7.34. The molecule has 3 aromatic rings. The maximum Gasteiger partial charge on any atom is 0.0469 e. The Hall–Kier alpha value is -1.90. The second-order valence-corrected chi connectivity index (χ2v) is 7.34. The molecular formula is C22H28N2. The number of hydrogen-bond donors (Lipinski definition) is 0. The summed E-state index contributed by atoms with van der Waals surface area (Å²) in [5.74, 6) is 0. The summed E-state index contributed by atoms with van der Waals surface area (Å²) in [4.78, 5) is 4.57. The molecule has 0 aliphatic rings. The topological polar surface area (TPSA) is 6.48 Å². The van der Waals surface area contributed by atoms with Gasteiger partial charge in [0.1, 0.15) is 0 Å². The highest BCUT2D eigenvalue weighted by atomic mass is 15.2. The van der Waals surface area contributed by atoms with E-state index in [9.17, 15) is 0 Å². The van der Waals surface area contributed by atoms with Crippen molar-refractivity contribution < 1.29 is 0 Å². The highest BCUT2D eigenvalue weighted by Gasteiger charge is 2.17. The molecule has 0 N–H and O–H groups in total. The first-order chi connectivity index (χ1) is 11.4. The van der Waals surface area contributed by atoms with Crippen molar-refractivity contribution in [3.63, 3.8) is 0 Å². The summed E-state index contributed by atoms with van der Waals surface area (Å²) in [6.45, 7) is 5.52. The van der Waals surface area contributed by atoms with Crippen molar-refractivity contribution in [2.75, 3.05) is 34.7 Å². The Morgan fingerprint density at radius 3 is 1.83 bits per heavy atom. The molecule has 0 spiro atoms. The van der Waals surface area contributed by atoms with Crippen LogP contribution < -0.4 is 0 Å². The Balaban J connectivity index is 2.24. The van der Waals surface area contributed by atoms with Crippen LogP contribution in [0.25, 0.3) is 21.5 Å². The number of nitrogens with zero attached hydrogens (tertiary/aromatic N) is 2. The molecule has 0 saturated heterocycles. The third-order valence-corrected chi connectivity index (χ3v) is 5.13. The van der Waals surface area contributed by atoms with Gasteiger partial charge in [-0.2, -0.15) is 0 Å². The van der Waals surface area contributed by atoms with E-state index >= 15 is 0 Å². The first kappa shape index (κ1) is 16.9. The third-order valence-electron chi connectivity index (χ3n) is 5.13. The van der Waals surface area contributed by atoms with Crippen LogP contribution in [0.2, 0.25) is 0 Å². The maximum atomic E-state index is 2.40. The smallest absolute Gasteiger partial charge is 0.0469 e. The Morgan fingerprint density at radius 1 is 0.750 bits per heavy atom. The lowest BCUT2D eigenvalue weighted by Gasteiger charge is -2.28. The van der Waals surface area contributed by atoms with Crippen LogP contribution in [0, 0.1) is 13.8 Å². The highest BCUT2D eigenvalue weighted by Crippen LogP contribution is 2.34. The lowest BCUT2D eigenvalue weighted by Crippen LogP contribution is -2.30. The van der Waals surface area contributed by atoms with E-state index in [2.05, 4.69) is 94.3 Å². The van der Waals surface area contributed by atoms with Gasteiger partial charge in [-0.1, -0.05) is 36.4 Å². The maximum absolute atomic E-state index is 2.40. The van der Waals surface area contributed by atoms with E-state index in [4.69, 9.17) is 0 Å². The average Bonchev–Trinajstić information content (AvgIpc) is 2.57. The molecule has 2 nitrogen and oxygen atoms in total. The largest absolute Gasteiger partial charge is 0.308 e. The minimum Gasteiger partial charge on any atom is -0.308 e. The van der Waals surface area contributed by atoms with E-state index in [1.807, 2.05) is 0 Å². The molecule has 0 fully saturated rings. The molecule has 1 unspecified atom stereocenters. The molecular weight excluding hydrogens is 292 g/mol. The number of rotatable bonds is 4. The van der Waals surface area contributed by atoms with Gasteiger partial charge in [-0.25, -0.2) is 0 Å². The van der Waals surface area contributed by atoms with Crippen LogP contribution >= 0.6 is 0 Å². The van der Waals surface area contributed by atoms with Crippen LogP contribution in [-0.2, 0) is 0 Å². The number of aryl methyl sites for hydroxylation is 2. The summed E-state index contributed by atoms with van der Waals surface area (Å²) in [6, 6.07) is 16.2. The molecule has 1 atom stereocenters. The molecule has 24 heavy (non-hydrogen) atoms. The van der Waals surface area contributed by atoms with Crippen molar-refractivity contribution in [2.24, 2.45) is 0 Å². The highest BCUT2D eigenvalue weighted by molar-refractivity contribution is 6.05. The van der Waals surface area contributed by atoms with E-state index in [-0.39, 0.29) is 0 Å². The molecule has 0 aliphatic carbocycles. The van der Waals surface area contributed by atoms with Gasteiger partial charge in [0.15, 0.2) is 0 Å². The van der Waals surface area contributed by atoms with Gasteiger partial charge in [0.25, 0.3) is 0 Å². The average molecular weight is 320 g/mol. The zero-order chi connectivity index (χ0) is 17.4. The van der Waals surface area contributed by atoms with E-state index in [1.165, 1.54) is 38.2 Å². The molecule has 0 radical (unpaired) electrons. The SMILES string of the molecule is Cc1c2ccccc2c(C)c2cc(C(CN(C)C)N(C)C)ccc12. The fraction of sp³-hybridized carbons (Fsp3) is 0.364. The van der Waals surface area contributed by atoms with Crippen LogP contribution in [-0.4, -0.2) is 44.5 Å². The van der Waals surface area contributed by atoms with Crippen LogP contribution in [0.5, 0.6) is 0 Å². The monoisotopic (exact) mass is 320 g/mol. The predicted octanol–water partition coefficient (Wildman–Crippen LogP) is 4.77. The van der Waals surface area contributed by atoms with Crippen LogP contribution in [0.4, 0.5) is 0 Å². The Kier molecular flexibility index (Phi) is 4.62. The number of benzene rings is 3. The van der Waals surface area contributed by atoms with Crippen molar-refractivity contribution >= 4 is 21.5 Å². The minimum atomic E-state index is 0.399. The van der Waals surface area contributed by atoms with Gasteiger partial charge in [-0.05, 0) is 86.3 Å². The number of hydrogen-bond acceptors (Lipinski definition) is 2. The van der Waals surface area contributed by atoms with Crippen molar-refractivity contribution in [1.82, 2.24) is 9.80 Å². The number of likely N-dealkylation sites (N-methyl/N-ethyl adjacent to an activating group) is 2. The molecule has 0 amide bonds. The van der Waals surface area contributed by atoms with Crippen molar-refractivity contribution in [3.05, 3.63) is 59.2 Å². The Labute approximate surface area is 145 Å². The first-order valence-electron chi connectivity index (χ1n) is 8.63. The Morgan fingerprint density at radius 2 is 1.29 bits per heavy atom. The molecule has 3 aromatic carbocycles. The summed E-state index contributed by atoms with van der Waals surface area (Å²) in [5.41, 5.74) is 4.15. The van der Waals surface area contributed by atoms with Crippen LogP contribution in [0.1, 0.15) is 22.7 Å². The zero-order valence-corrected chi connectivity index (χ0v) is 15.7. The lowest BCUT2D eigenvalue weighted by atomic mass is 9.91. The summed E-state index contributed by atoms with van der Waals surface area (Å²) >= 11 is 0. The predicted molar refractivity (Wildman–Crippen MR) is 106 cm³/mol. The van der Waals surface area contributed by atoms with E-state index in [0.29, 0.717) is 6.04 Å². The summed E-state index contributed by atoms with van der Waals surface area (Å²) in [7, 11) is 8.61. The Bertz CT molecular complexity index is 878. The van der Waals surface area contributed by atoms with Crippen LogP contribution in [0.3, 0.4) is 0 Å². The molecule has 3 rings (SSSR count). The fourth-order valence-electron chi connectivity index (χ4n) is 3.75. The van der Waals surface area contributed by atoms with Crippen LogP contribution in [0.15, 0.2) is 42.5 Å². The molecule has 0 aliphatic heterocycles. The van der Waals surface area contributed by atoms with E-state index in [1.54, 1.807) is 0 Å². The van der Waals surface area contributed by atoms with Gasteiger partial charge in [-0.3, -0.25) is 0 Å². The standard InChI is InChI=1S/C22H28N2/c1-15-18-9-7-8-10-19(18)16(2)21-13-17(11-12-20(15)21)22(24(5)6)14-23(3)4/h7-13,22H,14H2,1-6H3. The molecule has 0 aromatic heterocycles. The normalized spacial score (nSPS) is 13.3. The van der Waals surface area contributed by atoms with Crippen molar-refractivity contribution in [3.8, 4) is 0 Å². The minimum absolute atomic E-state index is 0.399. The van der Waals surface area contributed by atoms with Crippen molar-refractivity contribution in [1.29, 1.82) is 0 Å². The fourth-order valence-corrected chi connectivity index (χ4v) is 3.75. The van der Waals surface area contributed by atoms with Gasteiger partial charge in [0.05, 0.1) is 0 Å².